The Morgan fingerprint density at radius 2 is 0.824 bits per heavy atom. The molecule has 0 radical (unpaired) electrons. The van der Waals surface area contributed by atoms with Crippen LogP contribution >= 0.6 is 0 Å². The molecule has 4 unspecified atom stereocenters. The number of hydrogen-bond donors (Lipinski definition) is 6. The van der Waals surface area contributed by atoms with E-state index in [0.29, 0.717) is 69.2 Å². The van der Waals surface area contributed by atoms with Gasteiger partial charge in [-0.15, -0.1) is 0 Å². The largest absolute Gasteiger partial charge is 0.412 e. The topological polar surface area (TPSA) is 283 Å². The molecule has 7 heterocycles. The Balaban J connectivity index is 0.000000167. The number of halogens is 8. The Morgan fingerprint density at radius 1 is 0.458 bits per heavy atom. The van der Waals surface area contributed by atoms with Crippen LogP contribution in [0.15, 0.2) is 218 Å². The molecule has 16 rings (SSSR count). The van der Waals surface area contributed by atoms with Gasteiger partial charge in [-0.25, -0.2) is 44.7 Å². The highest BCUT2D eigenvalue weighted by atomic mass is 19.2. The van der Waals surface area contributed by atoms with Crippen LogP contribution < -0.4 is 37.1 Å². The molecule has 0 spiro atoms. The first-order valence-corrected chi connectivity index (χ1v) is 44.5. The fourth-order valence-corrected chi connectivity index (χ4v) is 16.7. The number of nitrogens with two attached hydrogens (primary N) is 1. The summed E-state index contributed by atoms with van der Waals surface area (Å²) in [4.78, 5) is 63.3. The van der Waals surface area contributed by atoms with E-state index in [4.69, 9.17) is 39.5 Å². The minimum atomic E-state index is -0.924. The van der Waals surface area contributed by atoms with Gasteiger partial charge in [-0.1, -0.05) is 159 Å². The standard InChI is InChI=1S/C27H29N3O4.C21H31F2N3O2.C20H26N2.C10H9F2NO2.2C10H11F2NO.CH3NO2/c31-26(34-25-14-12-24(13-15-25)30(32)33)28-18-7-19-29-20-16-27(17-21-29,22-8-3-1-4-9-22)23-10-5-2-6-11-23;1-21(2)6-10-25(11-7-21)9-3-8-24-20(27)26-12-13-28-15-19(26)16-4-5-17(22)18(23)14-16;21-14-7-15-22-16-12-20(13-17-22,18-8-3-1-4-9-18)19-10-5-2-6-11-19;11-7-2-1-6(3-8(7)12)9-4-15-5-10(14)13-9;2*11-8-2-1-7(5-9(8)12)10-6-14-4-3-13-10;1-2(3)4/h1-6,8-15H,7,16-21H2,(H,28,31);4-5,14,19H,3,6-13,15H2,1-2H3,(H,24,27);1-6,8-11H,7,12-17,21H2;1-3,9H,4-5H2,(H,13,14);2*1-2,5,10,13H,3-4,6H2;1H3. The van der Waals surface area contributed by atoms with Crippen LogP contribution in [0.25, 0.3) is 0 Å². The maximum Gasteiger partial charge on any atom is 0.412 e. The van der Waals surface area contributed by atoms with Gasteiger partial charge < -0.3 is 75.6 Å². The maximum atomic E-state index is 13.6. The average Bonchev–Trinajstić information content (AvgIpc) is 0.771. The number of likely N-dealkylation sites (tertiary alicyclic amines) is 3. The lowest BCUT2D eigenvalue weighted by Crippen LogP contribution is -2.48. The first kappa shape index (κ1) is 102. The highest BCUT2D eigenvalue weighted by molar-refractivity contribution is 5.78. The van der Waals surface area contributed by atoms with E-state index in [0.717, 1.165) is 165 Å². The van der Waals surface area contributed by atoms with E-state index in [1.165, 1.54) is 96.5 Å². The number of amides is 4. The zero-order valence-corrected chi connectivity index (χ0v) is 74.4. The van der Waals surface area contributed by atoms with Crippen LogP contribution in [0, 0.1) is 72.2 Å². The number of carbonyl (C=O) groups is 3. The summed E-state index contributed by atoms with van der Waals surface area (Å²) < 4.78 is 130. The predicted octanol–water partition coefficient (Wildman–Crippen LogP) is 16.4. The predicted molar refractivity (Wildman–Crippen MR) is 485 cm³/mol. The van der Waals surface area contributed by atoms with Gasteiger partial charge in [0.1, 0.15) is 12.4 Å². The number of rotatable bonds is 21. The first-order valence-electron chi connectivity index (χ1n) is 44.5. The minimum Gasteiger partial charge on any atom is -0.410 e. The third-order valence-corrected chi connectivity index (χ3v) is 24.2. The number of carbonyl (C=O) groups excluding carboxylic acids is 3. The maximum absolute atomic E-state index is 13.6. The molecule has 0 saturated carbocycles. The molecule has 704 valence electrons. The summed E-state index contributed by atoms with van der Waals surface area (Å²) in [6.45, 7) is 21.3. The molecule has 24 nitrogen and oxygen atoms in total. The van der Waals surface area contributed by atoms with Gasteiger partial charge in [0.25, 0.3) is 5.69 Å². The zero-order valence-electron chi connectivity index (χ0n) is 74.4. The van der Waals surface area contributed by atoms with Gasteiger partial charge in [0.2, 0.25) is 5.91 Å². The SMILES string of the molecule is CC1(C)CCN(CCCNC(=O)N2CCOCC2c2ccc(F)c(F)c2)CC1.C[N+](=O)[O-].Fc1ccc(C2COCCN2)cc1F.Fc1ccc(C2COCCN2)cc1F.NCCCN1CCC(c2ccccc2)(c2ccccc2)CC1.O=C(NCCCN1CCC(c2ccccc2)(c2ccccc2)CC1)Oc1ccc([N+](=O)[O-])cc1.O=C1COCC(c2ccc(F)c(F)c2)N1. The summed E-state index contributed by atoms with van der Waals surface area (Å²) in [6.07, 6.45) is 9.16. The highest BCUT2D eigenvalue weighted by Crippen LogP contribution is 2.44. The molecule has 7 aliphatic rings. The number of nitro benzene ring substituents is 1. The van der Waals surface area contributed by atoms with Crippen molar-refractivity contribution in [2.75, 3.05) is 158 Å². The van der Waals surface area contributed by atoms with Crippen molar-refractivity contribution in [2.45, 2.75) is 107 Å². The Labute approximate surface area is 760 Å². The molecule has 9 aromatic rings. The molecule has 4 atom stereocenters. The number of urea groups is 1. The van der Waals surface area contributed by atoms with Gasteiger partial charge in [0.05, 0.1) is 75.3 Å². The summed E-state index contributed by atoms with van der Waals surface area (Å²) in [5.41, 5.74) is 14.4. The number of nitro groups is 2. The lowest BCUT2D eigenvalue weighted by molar-refractivity contribution is -0.445. The number of ether oxygens (including phenoxy) is 5. The molecule has 9 aromatic carbocycles. The molecular formula is C99H120F8N12O12. The van der Waals surface area contributed by atoms with Crippen LogP contribution in [0.4, 0.5) is 50.4 Å². The molecule has 0 aliphatic carbocycles. The number of hydrogen-bond acceptors (Lipinski definition) is 18. The second-order valence-corrected chi connectivity index (χ2v) is 33.7. The van der Waals surface area contributed by atoms with E-state index in [-0.39, 0.29) is 66.1 Å². The van der Waals surface area contributed by atoms with Crippen LogP contribution in [0.3, 0.4) is 0 Å². The Bertz CT molecular complexity index is 4840. The van der Waals surface area contributed by atoms with Crippen LogP contribution in [0.5, 0.6) is 5.75 Å². The van der Waals surface area contributed by atoms with E-state index >= 15 is 0 Å². The lowest BCUT2D eigenvalue weighted by Gasteiger charge is -2.43. The average molecular weight is 1820 g/mol. The molecule has 0 bridgehead atoms. The van der Waals surface area contributed by atoms with E-state index < -0.39 is 74.6 Å². The van der Waals surface area contributed by atoms with Gasteiger partial charge >= 0.3 is 12.1 Å². The summed E-state index contributed by atoms with van der Waals surface area (Å²) in [7, 11) is 0.889. The van der Waals surface area contributed by atoms with E-state index in [9.17, 15) is 59.6 Å². The zero-order chi connectivity index (χ0) is 93.6. The van der Waals surface area contributed by atoms with Crippen LogP contribution in [0.2, 0.25) is 0 Å². The fraction of sp³-hybridized carbons (Fsp3) is 0.424. The van der Waals surface area contributed by atoms with Crippen LogP contribution in [-0.4, -0.2) is 206 Å². The van der Waals surface area contributed by atoms with Crippen molar-refractivity contribution in [1.82, 2.24) is 46.2 Å². The van der Waals surface area contributed by atoms with E-state index in [2.05, 4.69) is 176 Å². The van der Waals surface area contributed by atoms with Gasteiger partial charge in [-0.2, -0.15) is 0 Å². The third-order valence-electron chi connectivity index (χ3n) is 24.2. The monoisotopic (exact) mass is 1820 g/mol. The van der Waals surface area contributed by atoms with Crippen LogP contribution in [-0.2, 0) is 34.6 Å². The molecular weight excluding hydrogens is 1700 g/mol. The highest BCUT2D eigenvalue weighted by Gasteiger charge is 2.40. The Kier molecular flexibility index (Phi) is 40.6. The van der Waals surface area contributed by atoms with Crippen LogP contribution in [0.1, 0.15) is 140 Å². The second kappa shape index (κ2) is 52.2. The molecule has 7 aliphatic heterocycles. The van der Waals surface area contributed by atoms with Crippen molar-refractivity contribution < 1.29 is 83.0 Å². The smallest absolute Gasteiger partial charge is 0.410 e. The lowest BCUT2D eigenvalue weighted by atomic mass is 9.68. The fourth-order valence-electron chi connectivity index (χ4n) is 16.7. The number of morpholine rings is 4. The Morgan fingerprint density at radius 3 is 1.21 bits per heavy atom. The molecule has 0 aromatic heterocycles. The van der Waals surface area contributed by atoms with Crippen molar-refractivity contribution in [3.63, 3.8) is 0 Å². The van der Waals surface area contributed by atoms with Gasteiger partial charge in [-0.05, 0) is 234 Å². The third kappa shape index (κ3) is 31.8. The number of benzene rings is 9. The second-order valence-electron chi connectivity index (χ2n) is 33.7. The normalized spacial score (nSPS) is 19.3. The van der Waals surface area contributed by atoms with Crippen molar-refractivity contribution in [3.05, 3.63) is 330 Å². The minimum absolute atomic E-state index is 0.0141. The summed E-state index contributed by atoms with van der Waals surface area (Å²) in [5.74, 6) is -6.85. The number of piperidine rings is 3. The number of nitrogens with one attached hydrogen (secondary N) is 5. The van der Waals surface area contributed by atoms with Crippen molar-refractivity contribution in [2.24, 2.45) is 11.1 Å². The summed E-state index contributed by atoms with van der Waals surface area (Å²) >= 11 is 0. The Hall–Kier alpha value is -11.2. The molecule has 7 N–H and O–H groups in total. The molecule has 32 heteroatoms. The summed E-state index contributed by atoms with van der Waals surface area (Å²) in [6, 6.07) is 63.1. The number of nitrogens with zero attached hydrogens (tertiary/aromatic N) is 6. The quantitative estimate of drug-likeness (QED) is 0.0169. The molecule has 7 fully saturated rings. The summed E-state index contributed by atoms with van der Waals surface area (Å²) in [5, 5.41) is 34.2. The molecule has 131 heavy (non-hydrogen) atoms. The molecule has 7 saturated heterocycles. The van der Waals surface area contributed by atoms with Crippen molar-refractivity contribution in [1.29, 1.82) is 0 Å². The van der Waals surface area contributed by atoms with Gasteiger partial charge in [0.15, 0.2) is 53.6 Å². The first-order chi connectivity index (χ1) is 63.2. The van der Waals surface area contributed by atoms with Gasteiger partial charge in [0, 0.05) is 60.6 Å². The van der Waals surface area contributed by atoms with Gasteiger partial charge in [-0.3, -0.25) is 25.0 Å². The van der Waals surface area contributed by atoms with E-state index in [1.54, 1.807) is 17.0 Å². The molecule has 4 amide bonds. The van der Waals surface area contributed by atoms with Crippen molar-refractivity contribution >= 4 is 23.7 Å². The van der Waals surface area contributed by atoms with E-state index in [1.807, 2.05) is 0 Å². The number of non-ortho nitro benzene ring substituents is 1. The van der Waals surface area contributed by atoms with Crippen molar-refractivity contribution in [3.8, 4) is 5.75 Å².